The van der Waals surface area contributed by atoms with Crippen molar-refractivity contribution in [1.82, 2.24) is 4.90 Å². The third kappa shape index (κ3) is 4.85. The van der Waals surface area contributed by atoms with E-state index < -0.39 is 18.1 Å². The molecule has 1 amide bonds. The molecule has 1 aliphatic rings. The standard InChI is InChI=1S/C22H20F3NO3/c1-2-29-20(27)13-19(16-6-4-3-5-7-16)17-9-8-15-10-11-26(14-18(15)12-17)21(28)22(23,24)25/h3-9,12-13H,2,10-11,14H2,1H3/b19-13-. The molecule has 0 N–H and O–H groups in total. The highest BCUT2D eigenvalue weighted by atomic mass is 19.4. The van der Waals surface area contributed by atoms with Gasteiger partial charge in [-0.3, -0.25) is 4.79 Å². The lowest BCUT2D eigenvalue weighted by Gasteiger charge is -2.30. The fourth-order valence-corrected chi connectivity index (χ4v) is 3.33. The zero-order chi connectivity index (χ0) is 21.0. The van der Waals surface area contributed by atoms with Crippen molar-refractivity contribution in [2.75, 3.05) is 13.2 Å². The number of benzene rings is 2. The van der Waals surface area contributed by atoms with Crippen molar-refractivity contribution in [2.45, 2.75) is 26.1 Å². The molecule has 0 atom stereocenters. The van der Waals surface area contributed by atoms with Gasteiger partial charge in [0.15, 0.2) is 0 Å². The zero-order valence-corrected chi connectivity index (χ0v) is 15.8. The van der Waals surface area contributed by atoms with Crippen LogP contribution in [0.1, 0.15) is 29.2 Å². The van der Waals surface area contributed by atoms with Crippen LogP contribution in [0.25, 0.3) is 5.57 Å². The lowest BCUT2D eigenvalue weighted by Crippen LogP contribution is -2.43. The molecule has 1 heterocycles. The summed E-state index contributed by atoms with van der Waals surface area (Å²) in [5, 5.41) is 0. The van der Waals surface area contributed by atoms with Crippen LogP contribution in [0, 0.1) is 0 Å². The molecular formula is C22H20F3NO3. The highest BCUT2D eigenvalue weighted by Gasteiger charge is 2.43. The molecule has 3 rings (SSSR count). The number of halogens is 3. The van der Waals surface area contributed by atoms with Gasteiger partial charge in [0, 0.05) is 19.2 Å². The molecule has 4 nitrogen and oxygen atoms in total. The third-order valence-electron chi connectivity index (χ3n) is 4.69. The summed E-state index contributed by atoms with van der Waals surface area (Å²) >= 11 is 0. The van der Waals surface area contributed by atoms with Crippen LogP contribution in [0.2, 0.25) is 0 Å². The number of alkyl halides is 3. The first kappa shape index (κ1) is 20.6. The summed E-state index contributed by atoms with van der Waals surface area (Å²) in [7, 11) is 0. The molecule has 0 fully saturated rings. The Morgan fingerprint density at radius 1 is 1.07 bits per heavy atom. The van der Waals surface area contributed by atoms with Gasteiger partial charge >= 0.3 is 18.1 Å². The molecular weight excluding hydrogens is 383 g/mol. The third-order valence-corrected chi connectivity index (χ3v) is 4.69. The van der Waals surface area contributed by atoms with Gasteiger partial charge in [0.2, 0.25) is 0 Å². The molecule has 0 unspecified atom stereocenters. The summed E-state index contributed by atoms with van der Waals surface area (Å²) < 4.78 is 43.4. The van der Waals surface area contributed by atoms with E-state index in [2.05, 4.69) is 0 Å². The molecule has 7 heteroatoms. The molecule has 0 spiro atoms. The first-order chi connectivity index (χ1) is 13.8. The van der Waals surface area contributed by atoms with Crippen molar-refractivity contribution in [3.05, 3.63) is 76.9 Å². The largest absolute Gasteiger partial charge is 0.471 e. The number of carbonyl (C=O) groups is 2. The lowest BCUT2D eigenvalue weighted by molar-refractivity contribution is -0.186. The van der Waals surface area contributed by atoms with E-state index in [4.69, 9.17) is 4.74 Å². The maximum Gasteiger partial charge on any atom is 0.471 e. The summed E-state index contributed by atoms with van der Waals surface area (Å²) in [6, 6.07) is 14.6. The Bertz CT molecular complexity index is 936. The Morgan fingerprint density at radius 2 is 1.79 bits per heavy atom. The second kappa shape index (κ2) is 8.51. The fraction of sp³-hybridized carbons (Fsp3) is 0.273. The molecule has 0 aliphatic carbocycles. The molecule has 0 saturated carbocycles. The van der Waals surface area contributed by atoms with Crippen LogP contribution >= 0.6 is 0 Å². The summed E-state index contributed by atoms with van der Waals surface area (Å²) in [4.78, 5) is 24.5. The number of hydrogen-bond donors (Lipinski definition) is 0. The molecule has 2 aromatic carbocycles. The molecule has 1 aliphatic heterocycles. The second-order valence-corrected chi connectivity index (χ2v) is 6.63. The topological polar surface area (TPSA) is 46.6 Å². The van der Waals surface area contributed by atoms with Gasteiger partial charge < -0.3 is 9.64 Å². The van der Waals surface area contributed by atoms with Crippen LogP contribution in [0.15, 0.2) is 54.6 Å². The van der Waals surface area contributed by atoms with Gasteiger partial charge in [-0.1, -0.05) is 42.5 Å². The number of nitrogens with zero attached hydrogens (tertiary/aromatic N) is 1. The number of ether oxygens (including phenoxy) is 1. The summed E-state index contributed by atoms with van der Waals surface area (Å²) in [6.45, 7) is 1.84. The smallest absolute Gasteiger partial charge is 0.463 e. The summed E-state index contributed by atoms with van der Waals surface area (Å²) in [5.41, 5.74) is 3.58. The van der Waals surface area contributed by atoms with Gasteiger partial charge in [0.25, 0.3) is 0 Å². The Balaban J connectivity index is 1.97. The molecule has 0 bridgehead atoms. The SMILES string of the molecule is CCOC(=O)/C=C(/c1ccccc1)c1ccc2c(c1)CN(C(=O)C(F)(F)F)CC2. The maximum atomic E-state index is 12.8. The van der Waals surface area contributed by atoms with E-state index >= 15 is 0 Å². The quantitative estimate of drug-likeness (QED) is 0.570. The van der Waals surface area contributed by atoms with Crippen LogP contribution in [-0.4, -0.2) is 36.1 Å². The van der Waals surface area contributed by atoms with Crippen LogP contribution in [0.4, 0.5) is 13.2 Å². The molecule has 0 radical (unpaired) electrons. The Labute approximate surface area is 166 Å². The molecule has 0 aromatic heterocycles. The molecule has 2 aromatic rings. The van der Waals surface area contributed by atoms with Crippen LogP contribution in [0.5, 0.6) is 0 Å². The Morgan fingerprint density at radius 3 is 2.45 bits per heavy atom. The Kier molecular flexibility index (Phi) is 6.06. The van der Waals surface area contributed by atoms with Crippen molar-refractivity contribution in [3.8, 4) is 0 Å². The van der Waals surface area contributed by atoms with E-state index in [0.717, 1.165) is 16.0 Å². The van der Waals surface area contributed by atoms with Crippen LogP contribution < -0.4 is 0 Å². The number of rotatable bonds is 4. The van der Waals surface area contributed by atoms with Crippen LogP contribution in [0.3, 0.4) is 0 Å². The average Bonchev–Trinajstić information content (AvgIpc) is 2.71. The van der Waals surface area contributed by atoms with Crippen molar-refractivity contribution in [1.29, 1.82) is 0 Å². The number of hydrogen-bond acceptors (Lipinski definition) is 3. The predicted octanol–water partition coefficient (Wildman–Crippen LogP) is 4.13. The van der Waals surface area contributed by atoms with E-state index in [9.17, 15) is 22.8 Å². The van der Waals surface area contributed by atoms with E-state index in [1.165, 1.54) is 6.08 Å². The minimum absolute atomic E-state index is 0.0227. The van der Waals surface area contributed by atoms with Gasteiger partial charge in [0.1, 0.15) is 0 Å². The highest BCUT2D eigenvalue weighted by Crippen LogP contribution is 2.29. The lowest BCUT2D eigenvalue weighted by atomic mass is 9.91. The number of esters is 1. The van der Waals surface area contributed by atoms with Gasteiger partial charge in [-0.15, -0.1) is 0 Å². The average molecular weight is 403 g/mol. The zero-order valence-electron chi connectivity index (χ0n) is 15.8. The first-order valence-electron chi connectivity index (χ1n) is 9.21. The van der Waals surface area contributed by atoms with Gasteiger partial charge in [0.05, 0.1) is 6.61 Å². The predicted molar refractivity (Wildman–Crippen MR) is 102 cm³/mol. The van der Waals surface area contributed by atoms with E-state index in [1.54, 1.807) is 13.0 Å². The van der Waals surface area contributed by atoms with Gasteiger partial charge in [-0.05, 0) is 47.2 Å². The summed E-state index contributed by atoms with van der Waals surface area (Å²) in [6.07, 6.45) is -3.17. The number of carbonyl (C=O) groups excluding carboxylic acids is 2. The van der Waals surface area contributed by atoms with E-state index in [0.29, 0.717) is 23.1 Å². The fourth-order valence-electron chi connectivity index (χ4n) is 3.33. The van der Waals surface area contributed by atoms with E-state index in [-0.39, 0.29) is 19.7 Å². The van der Waals surface area contributed by atoms with Crippen molar-refractivity contribution < 1.29 is 27.5 Å². The summed E-state index contributed by atoms with van der Waals surface area (Å²) in [5.74, 6) is -2.34. The Hall–Kier alpha value is -3.09. The monoisotopic (exact) mass is 403 g/mol. The first-order valence-corrected chi connectivity index (χ1v) is 9.21. The van der Waals surface area contributed by atoms with Gasteiger partial charge in [-0.25, -0.2) is 4.79 Å². The van der Waals surface area contributed by atoms with E-state index in [1.807, 2.05) is 42.5 Å². The highest BCUT2D eigenvalue weighted by molar-refractivity contribution is 5.96. The molecule has 0 saturated heterocycles. The van der Waals surface area contributed by atoms with Crippen molar-refractivity contribution >= 4 is 17.4 Å². The van der Waals surface area contributed by atoms with Crippen molar-refractivity contribution in [2.24, 2.45) is 0 Å². The second-order valence-electron chi connectivity index (χ2n) is 6.63. The maximum absolute atomic E-state index is 12.8. The number of amides is 1. The molecule has 29 heavy (non-hydrogen) atoms. The van der Waals surface area contributed by atoms with Crippen molar-refractivity contribution in [3.63, 3.8) is 0 Å². The number of fused-ring (bicyclic) bond motifs is 1. The molecule has 152 valence electrons. The van der Waals surface area contributed by atoms with Gasteiger partial charge in [-0.2, -0.15) is 13.2 Å². The van der Waals surface area contributed by atoms with Crippen LogP contribution in [-0.2, 0) is 27.3 Å². The normalized spacial score (nSPS) is 14.3. The minimum Gasteiger partial charge on any atom is -0.463 e. The minimum atomic E-state index is -4.89.